The van der Waals surface area contributed by atoms with Crippen molar-refractivity contribution < 1.29 is 28.6 Å². The number of carbonyl (C=O) groups excluding carboxylic acids is 3. The van der Waals surface area contributed by atoms with E-state index in [1.807, 2.05) is 0 Å². The zero-order valence-corrected chi connectivity index (χ0v) is 51.4. The summed E-state index contributed by atoms with van der Waals surface area (Å²) in [6, 6.07) is 0. The first kappa shape index (κ1) is 74.3. The number of hydrogen-bond acceptors (Lipinski definition) is 6. The topological polar surface area (TPSA) is 78.9 Å². The summed E-state index contributed by atoms with van der Waals surface area (Å²) in [6.45, 7) is 6.53. The number of unbranched alkanes of at least 4 members (excludes halogenated alkanes) is 33. The molecule has 0 aliphatic rings. The van der Waals surface area contributed by atoms with E-state index in [0.717, 1.165) is 116 Å². The summed E-state index contributed by atoms with van der Waals surface area (Å²) in [5.41, 5.74) is 0. The van der Waals surface area contributed by atoms with E-state index in [1.165, 1.54) is 167 Å². The first-order chi connectivity index (χ1) is 38.5. The van der Waals surface area contributed by atoms with Gasteiger partial charge in [-0.25, -0.2) is 0 Å². The van der Waals surface area contributed by atoms with Gasteiger partial charge in [0.1, 0.15) is 13.2 Å². The SMILES string of the molecule is CC/C=C\C/C=C\C/C=C\C/C=C\C/C=C\CCCCCCCCCC(=O)OCC(COC(=O)CCCCCCCCCCCCCCCC)OC(=O)CCCCCCCCCC/C=C\C/C=C\C/C=C\CCCCCCC. The van der Waals surface area contributed by atoms with Gasteiger partial charge in [0.2, 0.25) is 0 Å². The van der Waals surface area contributed by atoms with Gasteiger partial charge in [0.25, 0.3) is 0 Å². The van der Waals surface area contributed by atoms with E-state index in [1.54, 1.807) is 0 Å². The summed E-state index contributed by atoms with van der Waals surface area (Å²) in [7, 11) is 0. The molecule has 78 heavy (non-hydrogen) atoms. The van der Waals surface area contributed by atoms with Gasteiger partial charge < -0.3 is 14.2 Å². The molecule has 0 fully saturated rings. The lowest BCUT2D eigenvalue weighted by atomic mass is 10.0. The second-order valence-corrected chi connectivity index (χ2v) is 22.0. The Balaban J connectivity index is 4.38. The summed E-state index contributed by atoms with van der Waals surface area (Å²) in [4.78, 5) is 38.4. The Morgan fingerprint density at radius 2 is 0.500 bits per heavy atom. The first-order valence-corrected chi connectivity index (χ1v) is 33.2. The van der Waals surface area contributed by atoms with Gasteiger partial charge in [-0.1, -0.05) is 298 Å². The van der Waals surface area contributed by atoms with Gasteiger partial charge >= 0.3 is 17.9 Å². The fourth-order valence-electron chi connectivity index (χ4n) is 9.36. The van der Waals surface area contributed by atoms with Crippen molar-refractivity contribution >= 4 is 17.9 Å². The molecule has 0 amide bonds. The molecule has 0 aromatic rings. The van der Waals surface area contributed by atoms with Crippen molar-refractivity contribution in [2.24, 2.45) is 0 Å². The molecule has 1 atom stereocenters. The highest BCUT2D eigenvalue weighted by Crippen LogP contribution is 2.16. The van der Waals surface area contributed by atoms with Crippen molar-refractivity contribution in [1.29, 1.82) is 0 Å². The van der Waals surface area contributed by atoms with Crippen LogP contribution in [0.1, 0.15) is 323 Å². The Hall–Kier alpha value is -3.67. The van der Waals surface area contributed by atoms with Gasteiger partial charge in [-0.05, 0) is 103 Å². The molecule has 0 bridgehead atoms. The molecule has 0 spiro atoms. The van der Waals surface area contributed by atoms with E-state index in [9.17, 15) is 14.4 Å². The van der Waals surface area contributed by atoms with Gasteiger partial charge in [-0.2, -0.15) is 0 Å². The maximum Gasteiger partial charge on any atom is 0.306 e. The quantitative estimate of drug-likeness (QED) is 0.0261. The van der Waals surface area contributed by atoms with Crippen LogP contribution in [0.25, 0.3) is 0 Å². The maximum absolute atomic E-state index is 12.9. The largest absolute Gasteiger partial charge is 0.462 e. The number of ether oxygens (including phenoxy) is 3. The van der Waals surface area contributed by atoms with Crippen LogP contribution in [0, 0.1) is 0 Å². The average Bonchev–Trinajstić information content (AvgIpc) is 3.44. The van der Waals surface area contributed by atoms with Crippen molar-refractivity contribution in [3.8, 4) is 0 Å². The Bertz CT molecular complexity index is 1530. The number of esters is 3. The molecule has 448 valence electrons. The number of hydrogen-bond donors (Lipinski definition) is 0. The van der Waals surface area contributed by atoms with Crippen LogP contribution in [-0.4, -0.2) is 37.2 Å². The van der Waals surface area contributed by atoms with E-state index in [2.05, 4.69) is 118 Å². The summed E-state index contributed by atoms with van der Waals surface area (Å²) in [5.74, 6) is -0.887. The van der Waals surface area contributed by atoms with E-state index in [4.69, 9.17) is 14.2 Å². The predicted octanol–water partition coefficient (Wildman–Crippen LogP) is 22.8. The van der Waals surface area contributed by atoms with Crippen LogP contribution in [0.5, 0.6) is 0 Å². The second kappa shape index (κ2) is 65.8. The van der Waals surface area contributed by atoms with E-state index < -0.39 is 6.10 Å². The van der Waals surface area contributed by atoms with Crippen LogP contribution >= 0.6 is 0 Å². The lowest BCUT2D eigenvalue weighted by Gasteiger charge is -2.18. The molecular weight excluding hydrogens is 961 g/mol. The number of rotatable bonds is 60. The Labute approximate surface area is 483 Å². The highest BCUT2D eigenvalue weighted by molar-refractivity contribution is 5.71. The lowest BCUT2D eigenvalue weighted by molar-refractivity contribution is -0.167. The van der Waals surface area contributed by atoms with Gasteiger partial charge in [0, 0.05) is 19.3 Å². The molecule has 6 nitrogen and oxygen atoms in total. The smallest absolute Gasteiger partial charge is 0.306 e. The molecule has 1 unspecified atom stereocenters. The minimum absolute atomic E-state index is 0.0818. The highest BCUT2D eigenvalue weighted by atomic mass is 16.6. The molecule has 0 saturated heterocycles. The first-order valence-electron chi connectivity index (χ1n) is 33.2. The Kier molecular flexibility index (Phi) is 62.7. The fourth-order valence-corrected chi connectivity index (χ4v) is 9.36. The van der Waals surface area contributed by atoms with Crippen LogP contribution in [-0.2, 0) is 28.6 Å². The zero-order valence-electron chi connectivity index (χ0n) is 51.4. The van der Waals surface area contributed by atoms with Crippen LogP contribution in [0.3, 0.4) is 0 Å². The zero-order chi connectivity index (χ0) is 56.4. The fraction of sp³-hybridized carbons (Fsp3) is 0.736. The molecule has 0 aliphatic heterocycles. The summed E-state index contributed by atoms with van der Waals surface area (Å²) in [6.07, 6.45) is 88.4. The van der Waals surface area contributed by atoms with Crippen molar-refractivity contribution in [3.63, 3.8) is 0 Å². The van der Waals surface area contributed by atoms with Crippen molar-refractivity contribution in [2.75, 3.05) is 13.2 Å². The predicted molar refractivity (Wildman–Crippen MR) is 339 cm³/mol. The van der Waals surface area contributed by atoms with Crippen molar-refractivity contribution in [1.82, 2.24) is 0 Å². The summed E-state index contributed by atoms with van der Waals surface area (Å²) in [5, 5.41) is 0. The van der Waals surface area contributed by atoms with Crippen LogP contribution in [0.4, 0.5) is 0 Å². The minimum Gasteiger partial charge on any atom is -0.462 e. The third-order valence-electron chi connectivity index (χ3n) is 14.3. The lowest BCUT2D eigenvalue weighted by Crippen LogP contribution is -2.30. The normalized spacial score (nSPS) is 12.7. The molecule has 0 saturated carbocycles. The van der Waals surface area contributed by atoms with E-state index >= 15 is 0 Å². The molecule has 0 rings (SSSR count). The minimum atomic E-state index is -0.787. The van der Waals surface area contributed by atoms with Gasteiger partial charge in [0.05, 0.1) is 0 Å². The molecular formula is C72H124O6. The van der Waals surface area contributed by atoms with Gasteiger partial charge in [-0.3, -0.25) is 14.4 Å². The van der Waals surface area contributed by atoms with Crippen LogP contribution in [0.15, 0.2) is 97.2 Å². The standard InChI is InChI=1S/C72H124O6/c1-4-7-10-13-16-19-22-25-28-30-32-34-36-38-40-42-44-47-50-53-56-59-62-65-71(74)77-68-69(67-76-70(73)64-61-58-55-52-49-46-27-24-21-18-15-12-9-6-3)78-72(75)66-63-60-57-54-51-48-45-43-41-39-37-35-33-31-29-26-23-20-17-14-11-8-5-2/h7,10,16,19,23,25-26,28,31-34,37-40,69H,4-6,8-9,11-15,17-18,20-22,24,27,29-30,35-36,41-68H2,1-3H3/b10-7-,19-16-,26-23-,28-25-,33-31-,34-32-,39-37-,40-38-. The monoisotopic (exact) mass is 1080 g/mol. The van der Waals surface area contributed by atoms with Crippen LogP contribution in [0.2, 0.25) is 0 Å². The number of allylic oxidation sites excluding steroid dienone is 16. The summed E-state index contributed by atoms with van der Waals surface area (Å²) >= 11 is 0. The molecule has 0 aliphatic carbocycles. The average molecular weight is 1090 g/mol. The molecule has 0 heterocycles. The molecule has 0 radical (unpaired) electrons. The van der Waals surface area contributed by atoms with Crippen LogP contribution < -0.4 is 0 Å². The van der Waals surface area contributed by atoms with Crippen molar-refractivity contribution in [2.45, 2.75) is 329 Å². The Morgan fingerprint density at radius 3 is 0.782 bits per heavy atom. The number of carbonyl (C=O) groups is 3. The third kappa shape index (κ3) is 63.2. The van der Waals surface area contributed by atoms with Gasteiger partial charge in [0.15, 0.2) is 6.10 Å². The van der Waals surface area contributed by atoms with E-state index in [0.29, 0.717) is 19.3 Å². The molecule has 0 N–H and O–H groups in total. The molecule has 0 aromatic carbocycles. The maximum atomic E-state index is 12.9. The molecule has 0 aromatic heterocycles. The third-order valence-corrected chi connectivity index (χ3v) is 14.3. The van der Waals surface area contributed by atoms with E-state index in [-0.39, 0.29) is 31.1 Å². The highest BCUT2D eigenvalue weighted by Gasteiger charge is 2.19. The van der Waals surface area contributed by atoms with Gasteiger partial charge in [-0.15, -0.1) is 0 Å². The Morgan fingerprint density at radius 1 is 0.269 bits per heavy atom. The van der Waals surface area contributed by atoms with Crippen molar-refractivity contribution in [3.05, 3.63) is 97.2 Å². The summed E-state index contributed by atoms with van der Waals surface area (Å²) < 4.78 is 17.0. The molecule has 6 heteroatoms. The second-order valence-electron chi connectivity index (χ2n) is 22.0.